The lowest BCUT2D eigenvalue weighted by Gasteiger charge is -2.20. The lowest BCUT2D eigenvalue weighted by Crippen LogP contribution is -2.28. The standard InChI is InChI=1S/C23H16ClFN6O2/c1-12(29-21-18-19(32)15(25)10-26-20(18)27-11-28-21)22-30-16-9-5-8-14(24)17(16)23(33)31(22)13-6-3-2-4-7-13/h2-12H,1H3,(H2,26,27,28,29,32)/t12-/m0/s1. The number of para-hydroxylation sites is 1. The predicted molar refractivity (Wildman–Crippen MR) is 125 cm³/mol. The molecule has 0 spiro atoms. The van der Waals surface area contributed by atoms with Crippen molar-refractivity contribution >= 4 is 39.4 Å². The monoisotopic (exact) mass is 462 g/mol. The highest BCUT2D eigenvalue weighted by Gasteiger charge is 2.21. The molecule has 8 nitrogen and oxygen atoms in total. The lowest BCUT2D eigenvalue weighted by molar-refractivity contribution is 0.614. The number of hydrogen-bond acceptors (Lipinski definition) is 6. The Morgan fingerprint density at radius 3 is 2.64 bits per heavy atom. The third-order valence-electron chi connectivity index (χ3n) is 5.25. The highest BCUT2D eigenvalue weighted by molar-refractivity contribution is 6.35. The Balaban J connectivity index is 1.72. The van der Waals surface area contributed by atoms with E-state index in [4.69, 9.17) is 16.6 Å². The fourth-order valence-corrected chi connectivity index (χ4v) is 3.98. The van der Waals surface area contributed by atoms with E-state index in [9.17, 15) is 14.0 Å². The Kier molecular flexibility index (Phi) is 5.10. The molecule has 0 aliphatic rings. The van der Waals surface area contributed by atoms with E-state index >= 15 is 0 Å². The van der Waals surface area contributed by atoms with Crippen molar-refractivity contribution in [3.05, 3.63) is 98.3 Å². The number of hydrogen-bond donors (Lipinski definition) is 2. The number of anilines is 1. The van der Waals surface area contributed by atoms with Gasteiger partial charge in [0.05, 0.1) is 27.7 Å². The summed E-state index contributed by atoms with van der Waals surface area (Å²) in [5.74, 6) is -0.471. The SMILES string of the molecule is C[C@H](Nc1ncnc2[nH]cc(F)c(=O)c12)c1nc2cccc(Cl)c2c(=O)n1-c1ccccc1. The van der Waals surface area contributed by atoms with Crippen LogP contribution in [0.3, 0.4) is 0 Å². The molecule has 3 aromatic heterocycles. The van der Waals surface area contributed by atoms with Crippen molar-refractivity contribution in [2.75, 3.05) is 5.32 Å². The number of benzene rings is 2. The number of H-pyrrole nitrogens is 1. The second-order valence-corrected chi connectivity index (χ2v) is 7.76. The van der Waals surface area contributed by atoms with Crippen molar-refractivity contribution in [1.29, 1.82) is 0 Å². The van der Waals surface area contributed by atoms with Crippen LogP contribution < -0.4 is 16.3 Å². The maximum absolute atomic E-state index is 13.9. The minimum absolute atomic E-state index is 0.0261. The van der Waals surface area contributed by atoms with Crippen LogP contribution in [0.1, 0.15) is 18.8 Å². The first-order chi connectivity index (χ1) is 16.0. The minimum atomic E-state index is -0.951. The van der Waals surface area contributed by atoms with E-state index in [2.05, 4.69) is 20.3 Å². The Labute approximate surface area is 190 Å². The van der Waals surface area contributed by atoms with Gasteiger partial charge in [0, 0.05) is 6.20 Å². The second kappa shape index (κ2) is 8.10. The lowest BCUT2D eigenvalue weighted by atomic mass is 10.2. The summed E-state index contributed by atoms with van der Waals surface area (Å²) in [7, 11) is 0. The van der Waals surface area contributed by atoms with Crippen LogP contribution in [0, 0.1) is 5.82 Å². The molecule has 3 heterocycles. The highest BCUT2D eigenvalue weighted by Crippen LogP contribution is 2.25. The quantitative estimate of drug-likeness (QED) is 0.418. The van der Waals surface area contributed by atoms with Crippen molar-refractivity contribution in [3.8, 4) is 5.69 Å². The topological polar surface area (TPSA) is 106 Å². The summed E-state index contributed by atoms with van der Waals surface area (Å²) in [6, 6.07) is 13.5. The molecule has 0 saturated heterocycles. The second-order valence-electron chi connectivity index (χ2n) is 7.36. The minimum Gasteiger partial charge on any atom is -0.360 e. The van der Waals surface area contributed by atoms with E-state index in [0.717, 1.165) is 6.20 Å². The molecule has 5 aromatic rings. The molecule has 0 unspecified atom stereocenters. The van der Waals surface area contributed by atoms with Crippen molar-refractivity contribution in [3.63, 3.8) is 0 Å². The maximum Gasteiger partial charge on any atom is 0.267 e. The number of aromatic nitrogens is 5. The molecule has 33 heavy (non-hydrogen) atoms. The molecular weight excluding hydrogens is 447 g/mol. The fourth-order valence-electron chi connectivity index (χ4n) is 3.73. The normalized spacial score (nSPS) is 12.2. The van der Waals surface area contributed by atoms with E-state index < -0.39 is 17.3 Å². The van der Waals surface area contributed by atoms with E-state index in [1.54, 1.807) is 49.4 Å². The Morgan fingerprint density at radius 1 is 1.06 bits per heavy atom. The fraction of sp³-hybridized carbons (Fsp3) is 0.0870. The number of nitrogens with zero attached hydrogens (tertiary/aromatic N) is 4. The molecule has 0 aliphatic heterocycles. The van der Waals surface area contributed by atoms with E-state index in [1.807, 2.05) is 6.07 Å². The molecule has 2 N–H and O–H groups in total. The molecule has 10 heteroatoms. The van der Waals surface area contributed by atoms with Crippen molar-refractivity contribution in [1.82, 2.24) is 24.5 Å². The Bertz CT molecular complexity index is 1630. The maximum atomic E-state index is 13.9. The molecule has 0 radical (unpaired) electrons. The summed E-state index contributed by atoms with van der Waals surface area (Å²) in [4.78, 5) is 41.4. The highest BCUT2D eigenvalue weighted by atomic mass is 35.5. The first-order valence-corrected chi connectivity index (χ1v) is 10.4. The van der Waals surface area contributed by atoms with Crippen LogP contribution in [0.15, 0.2) is 70.6 Å². The molecule has 1 atom stereocenters. The Hall–Kier alpha value is -4.11. The zero-order chi connectivity index (χ0) is 23.1. The Morgan fingerprint density at radius 2 is 1.85 bits per heavy atom. The molecule has 0 amide bonds. The molecule has 5 rings (SSSR count). The summed E-state index contributed by atoms with van der Waals surface area (Å²) >= 11 is 6.32. The van der Waals surface area contributed by atoms with E-state index in [0.29, 0.717) is 27.4 Å². The molecule has 0 bridgehead atoms. The molecular formula is C23H16ClFN6O2. The van der Waals surface area contributed by atoms with E-state index in [-0.39, 0.29) is 22.4 Å². The summed E-state index contributed by atoms with van der Waals surface area (Å²) in [5, 5.41) is 3.66. The van der Waals surface area contributed by atoms with Gasteiger partial charge in [-0.05, 0) is 31.2 Å². The van der Waals surface area contributed by atoms with Gasteiger partial charge in [0.25, 0.3) is 5.56 Å². The van der Waals surface area contributed by atoms with Crippen molar-refractivity contribution in [2.24, 2.45) is 0 Å². The van der Waals surface area contributed by atoms with Crippen LogP contribution in [0.25, 0.3) is 27.6 Å². The van der Waals surface area contributed by atoms with Crippen LogP contribution in [0.4, 0.5) is 10.2 Å². The summed E-state index contributed by atoms with van der Waals surface area (Å²) < 4.78 is 15.4. The van der Waals surface area contributed by atoms with Crippen LogP contribution in [0.2, 0.25) is 5.02 Å². The van der Waals surface area contributed by atoms with Crippen LogP contribution in [-0.4, -0.2) is 24.5 Å². The molecule has 0 aliphatic carbocycles. The zero-order valence-electron chi connectivity index (χ0n) is 17.2. The largest absolute Gasteiger partial charge is 0.360 e. The third-order valence-corrected chi connectivity index (χ3v) is 5.57. The average Bonchev–Trinajstić information content (AvgIpc) is 2.82. The van der Waals surface area contributed by atoms with Gasteiger partial charge in [0.15, 0.2) is 5.82 Å². The number of nitrogens with one attached hydrogen (secondary N) is 2. The molecule has 0 saturated carbocycles. The first kappa shape index (κ1) is 20.8. The molecule has 0 fully saturated rings. The van der Waals surface area contributed by atoms with Gasteiger partial charge < -0.3 is 10.3 Å². The number of aromatic amines is 1. The van der Waals surface area contributed by atoms with Gasteiger partial charge in [-0.25, -0.2) is 19.3 Å². The van der Waals surface area contributed by atoms with Gasteiger partial charge in [-0.2, -0.15) is 0 Å². The summed E-state index contributed by atoms with van der Waals surface area (Å²) in [6.45, 7) is 1.76. The average molecular weight is 463 g/mol. The third kappa shape index (κ3) is 3.52. The van der Waals surface area contributed by atoms with Crippen molar-refractivity contribution < 1.29 is 4.39 Å². The first-order valence-electron chi connectivity index (χ1n) is 10.0. The van der Waals surface area contributed by atoms with Gasteiger partial charge in [-0.3, -0.25) is 14.2 Å². The van der Waals surface area contributed by atoms with Gasteiger partial charge in [-0.15, -0.1) is 0 Å². The number of rotatable bonds is 4. The summed E-state index contributed by atoms with van der Waals surface area (Å²) in [6.07, 6.45) is 2.20. The zero-order valence-corrected chi connectivity index (χ0v) is 18.0. The smallest absolute Gasteiger partial charge is 0.267 e. The van der Waals surface area contributed by atoms with Crippen LogP contribution in [0.5, 0.6) is 0 Å². The number of halogens is 2. The van der Waals surface area contributed by atoms with Gasteiger partial charge in [0.1, 0.15) is 29.0 Å². The van der Waals surface area contributed by atoms with Crippen LogP contribution >= 0.6 is 11.6 Å². The molecule has 2 aromatic carbocycles. The predicted octanol–water partition coefficient (Wildman–Crippen LogP) is 3.98. The van der Waals surface area contributed by atoms with Crippen molar-refractivity contribution in [2.45, 2.75) is 13.0 Å². The molecule has 164 valence electrons. The van der Waals surface area contributed by atoms with E-state index in [1.165, 1.54) is 10.9 Å². The number of pyridine rings is 1. The van der Waals surface area contributed by atoms with Crippen LogP contribution in [-0.2, 0) is 0 Å². The van der Waals surface area contributed by atoms with Gasteiger partial charge in [0.2, 0.25) is 5.43 Å². The summed E-state index contributed by atoms with van der Waals surface area (Å²) in [5.41, 5.74) is 0.0381. The number of fused-ring (bicyclic) bond motifs is 2. The van der Waals surface area contributed by atoms with Gasteiger partial charge >= 0.3 is 0 Å². The van der Waals surface area contributed by atoms with Gasteiger partial charge in [-0.1, -0.05) is 35.9 Å².